The Hall–Kier alpha value is -1.73. The fourth-order valence-corrected chi connectivity index (χ4v) is 3.43. The van der Waals surface area contributed by atoms with E-state index in [1.54, 1.807) is 29.2 Å². The normalized spacial score (nSPS) is 16.3. The Labute approximate surface area is 167 Å². The number of amides is 2. The smallest absolute Gasteiger partial charge is 0.257 e. The molecule has 2 amide bonds. The van der Waals surface area contributed by atoms with Gasteiger partial charge in [-0.25, -0.2) is 0 Å². The molecule has 3 N–H and O–H groups in total. The van der Waals surface area contributed by atoms with E-state index in [0.29, 0.717) is 40.0 Å². The second kappa shape index (κ2) is 8.77. The van der Waals surface area contributed by atoms with Gasteiger partial charge < -0.3 is 20.4 Å². The van der Waals surface area contributed by atoms with E-state index in [2.05, 4.69) is 5.32 Å². The molecule has 2 aromatic rings. The molecular weight excluding hydrogens is 401 g/mol. The molecule has 0 radical (unpaired) electrons. The molecular formula is C17H18Cl3N3O3. The Morgan fingerprint density at radius 3 is 2.54 bits per heavy atom. The average Bonchev–Trinajstić information content (AvgIpc) is 3.22. The van der Waals surface area contributed by atoms with Crippen LogP contribution >= 0.6 is 35.6 Å². The molecule has 1 aliphatic heterocycles. The number of halogens is 3. The average molecular weight is 419 g/mol. The fourth-order valence-electron chi connectivity index (χ4n) is 2.90. The van der Waals surface area contributed by atoms with Crippen molar-refractivity contribution < 1.29 is 14.0 Å². The van der Waals surface area contributed by atoms with Crippen LogP contribution in [-0.4, -0.2) is 29.3 Å². The molecule has 1 aromatic heterocycles. The number of carbonyl (C=O) groups excluding carboxylic acids is 2. The summed E-state index contributed by atoms with van der Waals surface area (Å²) >= 11 is 11.9. The molecule has 1 saturated heterocycles. The Morgan fingerprint density at radius 2 is 1.92 bits per heavy atom. The van der Waals surface area contributed by atoms with Crippen molar-refractivity contribution in [3.8, 4) is 0 Å². The third-order valence-corrected chi connectivity index (χ3v) is 4.48. The van der Waals surface area contributed by atoms with Crippen molar-refractivity contribution >= 4 is 53.1 Å². The number of rotatable bonds is 4. The minimum atomic E-state index is -0.554. The summed E-state index contributed by atoms with van der Waals surface area (Å²) in [5.74, 6) is 0.00840. The number of carbonyl (C=O) groups is 2. The molecule has 0 aliphatic carbocycles. The van der Waals surface area contributed by atoms with Crippen molar-refractivity contribution in [3.63, 3.8) is 0 Å². The molecule has 2 heterocycles. The summed E-state index contributed by atoms with van der Waals surface area (Å²) in [5, 5.41) is 3.62. The number of furan rings is 1. The number of anilines is 1. The van der Waals surface area contributed by atoms with Gasteiger partial charge in [0.25, 0.3) is 5.91 Å². The van der Waals surface area contributed by atoms with Gasteiger partial charge in [-0.15, -0.1) is 12.4 Å². The molecule has 1 aliphatic rings. The van der Waals surface area contributed by atoms with Crippen molar-refractivity contribution in [2.45, 2.75) is 25.4 Å². The SMILES string of the molecule is Cl.NCc1cc(C(=O)N2CCCC2C(=O)Nc2cc(Cl)cc(Cl)c2)co1. The first kappa shape index (κ1) is 20.6. The van der Waals surface area contributed by atoms with Gasteiger partial charge in [0.1, 0.15) is 18.1 Å². The van der Waals surface area contributed by atoms with E-state index < -0.39 is 6.04 Å². The van der Waals surface area contributed by atoms with E-state index in [1.165, 1.54) is 6.26 Å². The molecule has 0 saturated carbocycles. The van der Waals surface area contributed by atoms with E-state index in [4.69, 9.17) is 33.4 Å². The lowest BCUT2D eigenvalue weighted by molar-refractivity contribution is -0.119. The summed E-state index contributed by atoms with van der Waals surface area (Å²) in [6, 6.07) is 5.85. The maximum atomic E-state index is 12.7. The van der Waals surface area contributed by atoms with E-state index in [0.717, 1.165) is 6.42 Å². The zero-order valence-electron chi connectivity index (χ0n) is 13.7. The molecule has 0 bridgehead atoms. The first-order chi connectivity index (χ1) is 12.0. The van der Waals surface area contributed by atoms with Crippen LogP contribution in [0.25, 0.3) is 0 Å². The first-order valence-corrected chi connectivity index (χ1v) is 8.59. The van der Waals surface area contributed by atoms with Crippen LogP contribution in [-0.2, 0) is 11.3 Å². The number of nitrogens with zero attached hydrogens (tertiary/aromatic N) is 1. The highest BCUT2D eigenvalue weighted by atomic mass is 35.5. The maximum absolute atomic E-state index is 12.7. The fraction of sp³-hybridized carbons (Fsp3) is 0.294. The van der Waals surface area contributed by atoms with Crippen LogP contribution in [0.1, 0.15) is 29.0 Å². The number of hydrogen-bond acceptors (Lipinski definition) is 4. The Morgan fingerprint density at radius 1 is 1.23 bits per heavy atom. The second-order valence-electron chi connectivity index (χ2n) is 5.81. The van der Waals surface area contributed by atoms with Crippen LogP contribution in [0, 0.1) is 0 Å². The zero-order valence-corrected chi connectivity index (χ0v) is 16.0. The third-order valence-electron chi connectivity index (χ3n) is 4.05. The lowest BCUT2D eigenvalue weighted by Gasteiger charge is -2.23. The van der Waals surface area contributed by atoms with E-state index in [-0.39, 0.29) is 30.8 Å². The quantitative estimate of drug-likeness (QED) is 0.792. The van der Waals surface area contributed by atoms with Crippen LogP contribution in [0.4, 0.5) is 5.69 Å². The van der Waals surface area contributed by atoms with E-state index in [1.807, 2.05) is 0 Å². The largest absolute Gasteiger partial charge is 0.467 e. The standard InChI is InChI=1S/C17H17Cl2N3O3.ClH/c18-11-5-12(19)7-13(6-11)21-16(23)15-2-1-3-22(15)17(24)10-4-14(8-20)25-9-10;/h4-7,9,15H,1-3,8,20H2,(H,21,23);1H. The van der Waals surface area contributed by atoms with Crippen LogP contribution in [0.2, 0.25) is 10.0 Å². The zero-order chi connectivity index (χ0) is 18.0. The Kier molecular flexibility index (Phi) is 6.94. The predicted octanol–water partition coefficient (Wildman–Crippen LogP) is 3.71. The number of nitrogens with one attached hydrogen (secondary N) is 1. The molecule has 1 atom stereocenters. The summed E-state index contributed by atoms with van der Waals surface area (Å²) in [4.78, 5) is 26.8. The number of benzene rings is 1. The Balaban J connectivity index is 0.00000243. The molecule has 1 unspecified atom stereocenters. The van der Waals surface area contributed by atoms with Gasteiger partial charge in [0.15, 0.2) is 0 Å². The molecule has 1 aromatic carbocycles. The van der Waals surface area contributed by atoms with Crippen molar-refractivity contribution in [3.05, 3.63) is 51.9 Å². The number of likely N-dealkylation sites (tertiary alicyclic amines) is 1. The van der Waals surface area contributed by atoms with Gasteiger partial charge >= 0.3 is 0 Å². The summed E-state index contributed by atoms with van der Waals surface area (Å²) in [6.07, 6.45) is 2.71. The lowest BCUT2D eigenvalue weighted by Crippen LogP contribution is -2.43. The van der Waals surface area contributed by atoms with E-state index in [9.17, 15) is 9.59 Å². The molecule has 6 nitrogen and oxygen atoms in total. The summed E-state index contributed by atoms with van der Waals surface area (Å²) < 4.78 is 5.21. The minimum absolute atomic E-state index is 0. The first-order valence-electron chi connectivity index (χ1n) is 7.83. The van der Waals surface area contributed by atoms with Gasteiger partial charge in [0.05, 0.1) is 12.1 Å². The van der Waals surface area contributed by atoms with Crippen LogP contribution in [0.3, 0.4) is 0 Å². The number of hydrogen-bond donors (Lipinski definition) is 2. The molecule has 1 fully saturated rings. The number of nitrogens with two attached hydrogens (primary N) is 1. The lowest BCUT2D eigenvalue weighted by atomic mass is 10.2. The van der Waals surface area contributed by atoms with Gasteiger partial charge in [0.2, 0.25) is 5.91 Å². The van der Waals surface area contributed by atoms with Gasteiger partial charge in [-0.05, 0) is 37.1 Å². The van der Waals surface area contributed by atoms with Crippen LogP contribution < -0.4 is 11.1 Å². The highest BCUT2D eigenvalue weighted by Gasteiger charge is 2.35. The second-order valence-corrected chi connectivity index (χ2v) is 6.68. The van der Waals surface area contributed by atoms with Crippen molar-refractivity contribution in [1.29, 1.82) is 0 Å². The highest BCUT2D eigenvalue weighted by Crippen LogP contribution is 2.25. The molecule has 140 valence electrons. The van der Waals surface area contributed by atoms with Crippen molar-refractivity contribution in [2.24, 2.45) is 5.73 Å². The summed E-state index contributed by atoms with van der Waals surface area (Å²) in [7, 11) is 0. The molecule has 26 heavy (non-hydrogen) atoms. The molecule has 0 spiro atoms. The van der Waals surface area contributed by atoms with Gasteiger partial charge in [0, 0.05) is 22.3 Å². The molecule has 3 rings (SSSR count). The van der Waals surface area contributed by atoms with Crippen molar-refractivity contribution in [1.82, 2.24) is 4.90 Å². The highest BCUT2D eigenvalue weighted by molar-refractivity contribution is 6.35. The Bertz CT molecular complexity index is 789. The van der Waals surface area contributed by atoms with Crippen molar-refractivity contribution in [2.75, 3.05) is 11.9 Å². The third kappa shape index (κ3) is 4.51. The summed E-state index contributed by atoms with van der Waals surface area (Å²) in [5.41, 5.74) is 6.39. The van der Waals surface area contributed by atoms with Crippen LogP contribution in [0.15, 0.2) is 34.9 Å². The van der Waals surface area contributed by atoms with Gasteiger partial charge in [-0.2, -0.15) is 0 Å². The topological polar surface area (TPSA) is 88.6 Å². The van der Waals surface area contributed by atoms with E-state index >= 15 is 0 Å². The van der Waals surface area contributed by atoms with Gasteiger partial charge in [-0.1, -0.05) is 23.2 Å². The summed E-state index contributed by atoms with van der Waals surface area (Å²) in [6.45, 7) is 0.725. The predicted molar refractivity (Wildman–Crippen MR) is 103 cm³/mol. The minimum Gasteiger partial charge on any atom is -0.467 e. The van der Waals surface area contributed by atoms with Gasteiger partial charge in [-0.3, -0.25) is 9.59 Å². The maximum Gasteiger partial charge on any atom is 0.257 e. The monoisotopic (exact) mass is 417 g/mol. The van der Waals surface area contributed by atoms with Crippen LogP contribution in [0.5, 0.6) is 0 Å². The molecule has 9 heteroatoms.